The standard InChI is InChI=1S/C13H18ClNO2/c1-9(2)12(17-3)8-15-13(16)10-6-4-5-7-11(10)14/h4-7,9,12H,8H2,1-3H3,(H,15,16)/t12-/m0/s1. The summed E-state index contributed by atoms with van der Waals surface area (Å²) in [5, 5.41) is 3.29. The van der Waals surface area contributed by atoms with E-state index in [1.54, 1.807) is 31.4 Å². The first kappa shape index (κ1) is 14.0. The van der Waals surface area contributed by atoms with Crippen LogP contribution in [-0.2, 0) is 4.74 Å². The first-order chi connectivity index (χ1) is 8.06. The topological polar surface area (TPSA) is 38.3 Å². The highest BCUT2D eigenvalue weighted by molar-refractivity contribution is 6.33. The molecule has 0 spiro atoms. The lowest BCUT2D eigenvalue weighted by atomic mass is 10.1. The van der Waals surface area contributed by atoms with E-state index in [9.17, 15) is 4.79 Å². The van der Waals surface area contributed by atoms with E-state index in [0.29, 0.717) is 23.0 Å². The zero-order valence-corrected chi connectivity index (χ0v) is 11.1. The van der Waals surface area contributed by atoms with Crippen molar-refractivity contribution in [2.24, 2.45) is 5.92 Å². The van der Waals surface area contributed by atoms with Crippen LogP contribution in [0.15, 0.2) is 24.3 Å². The minimum atomic E-state index is -0.168. The normalized spacial score (nSPS) is 12.5. The van der Waals surface area contributed by atoms with Gasteiger partial charge in [-0.25, -0.2) is 0 Å². The molecule has 0 radical (unpaired) electrons. The molecular formula is C13H18ClNO2. The van der Waals surface area contributed by atoms with Gasteiger partial charge in [-0.1, -0.05) is 37.6 Å². The highest BCUT2D eigenvalue weighted by Gasteiger charge is 2.15. The number of ether oxygens (including phenoxy) is 1. The average molecular weight is 256 g/mol. The van der Waals surface area contributed by atoms with E-state index in [1.165, 1.54) is 0 Å². The lowest BCUT2D eigenvalue weighted by Crippen LogP contribution is -2.36. The van der Waals surface area contributed by atoms with E-state index in [2.05, 4.69) is 19.2 Å². The predicted octanol–water partition coefficient (Wildman–Crippen LogP) is 2.74. The fraction of sp³-hybridized carbons (Fsp3) is 0.462. The van der Waals surface area contributed by atoms with Crippen molar-refractivity contribution in [3.8, 4) is 0 Å². The van der Waals surface area contributed by atoms with Crippen molar-refractivity contribution in [2.75, 3.05) is 13.7 Å². The minimum absolute atomic E-state index is 0.0152. The van der Waals surface area contributed by atoms with Gasteiger partial charge in [-0.15, -0.1) is 0 Å². The Kier molecular flexibility index (Phi) is 5.45. The molecule has 1 atom stereocenters. The maximum Gasteiger partial charge on any atom is 0.252 e. The lowest BCUT2D eigenvalue weighted by Gasteiger charge is -2.19. The molecule has 0 bridgehead atoms. The lowest BCUT2D eigenvalue weighted by molar-refractivity contribution is 0.0605. The highest BCUT2D eigenvalue weighted by atomic mass is 35.5. The number of amides is 1. The molecule has 0 aliphatic heterocycles. The van der Waals surface area contributed by atoms with Gasteiger partial charge in [0, 0.05) is 13.7 Å². The number of halogens is 1. The van der Waals surface area contributed by atoms with Crippen LogP contribution in [0, 0.1) is 5.92 Å². The third-order valence-electron chi connectivity index (χ3n) is 2.63. The summed E-state index contributed by atoms with van der Waals surface area (Å²) in [6, 6.07) is 6.99. The monoisotopic (exact) mass is 255 g/mol. The first-order valence-electron chi connectivity index (χ1n) is 5.61. The number of nitrogens with one attached hydrogen (secondary N) is 1. The maximum absolute atomic E-state index is 11.9. The van der Waals surface area contributed by atoms with E-state index in [0.717, 1.165) is 0 Å². The van der Waals surface area contributed by atoms with E-state index in [-0.39, 0.29) is 12.0 Å². The van der Waals surface area contributed by atoms with Crippen molar-refractivity contribution >= 4 is 17.5 Å². The van der Waals surface area contributed by atoms with Gasteiger partial charge < -0.3 is 10.1 Å². The summed E-state index contributed by atoms with van der Waals surface area (Å²) >= 11 is 5.94. The molecule has 0 aliphatic carbocycles. The van der Waals surface area contributed by atoms with Crippen LogP contribution in [0.1, 0.15) is 24.2 Å². The molecule has 94 valence electrons. The average Bonchev–Trinajstić information content (AvgIpc) is 2.29. The second-order valence-corrected chi connectivity index (χ2v) is 4.62. The van der Waals surface area contributed by atoms with E-state index in [4.69, 9.17) is 16.3 Å². The van der Waals surface area contributed by atoms with Gasteiger partial charge in [0.1, 0.15) is 0 Å². The molecule has 0 saturated heterocycles. The number of hydrogen-bond acceptors (Lipinski definition) is 2. The SMILES string of the molecule is CO[C@@H](CNC(=O)c1ccccc1Cl)C(C)C. The smallest absolute Gasteiger partial charge is 0.252 e. The Morgan fingerprint density at radius 2 is 2.06 bits per heavy atom. The zero-order valence-electron chi connectivity index (χ0n) is 10.4. The molecule has 1 aromatic rings. The summed E-state index contributed by atoms with van der Waals surface area (Å²) in [6.07, 6.45) is 0.0152. The highest BCUT2D eigenvalue weighted by Crippen LogP contribution is 2.14. The second kappa shape index (κ2) is 6.62. The first-order valence-corrected chi connectivity index (χ1v) is 5.99. The molecule has 1 amide bonds. The van der Waals surface area contributed by atoms with E-state index in [1.807, 2.05) is 0 Å². The Bertz CT molecular complexity index is 379. The van der Waals surface area contributed by atoms with Crippen molar-refractivity contribution < 1.29 is 9.53 Å². The molecular weight excluding hydrogens is 238 g/mol. The number of carbonyl (C=O) groups is 1. The second-order valence-electron chi connectivity index (χ2n) is 4.21. The van der Waals surface area contributed by atoms with Crippen LogP contribution in [0.2, 0.25) is 5.02 Å². The van der Waals surface area contributed by atoms with Gasteiger partial charge >= 0.3 is 0 Å². The van der Waals surface area contributed by atoms with Crippen LogP contribution in [0.3, 0.4) is 0 Å². The molecule has 17 heavy (non-hydrogen) atoms. The van der Waals surface area contributed by atoms with Crippen LogP contribution in [0.4, 0.5) is 0 Å². The Hall–Kier alpha value is -1.06. The van der Waals surface area contributed by atoms with Crippen molar-refractivity contribution in [3.63, 3.8) is 0 Å². The molecule has 0 aromatic heterocycles. The van der Waals surface area contributed by atoms with Crippen LogP contribution < -0.4 is 5.32 Å². The zero-order chi connectivity index (χ0) is 12.8. The summed E-state index contributed by atoms with van der Waals surface area (Å²) in [5.41, 5.74) is 0.493. The van der Waals surface area contributed by atoms with E-state index >= 15 is 0 Å². The molecule has 0 saturated carbocycles. The summed E-state index contributed by atoms with van der Waals surface area (Å²) < 4.78 is 5.28. The van der Waals surface area contributed by atoms with Crippen molar-refractivity contribution in [1.29, 1.82) is 0 Å². The van der Waals surface area contributed by atoms with Gasteiger partial charge in [0.05, 0.1) is 16.7 Å². The Labute approximate surface area is 107 Å². The van der Waals surface area contributed by atoms with Crippen molar-refractivity contribution in [2.45, 2.75) is 20.0 Å². The molecule has 1 N–H and O–H groups in total. The van der Waals surface area contributed by atoms with Crippen LogP contribution in [-0.4, -0.2) is 25.7 Å². The molecule has 0 heterocycles. The fourth-order valence-electron chi connectivity index (χ4n) is 1.53. The molecule has 4 heteroatoms. The van der Waals surface area contributed by atoms with E-state index < -0.39 is 0 Å². The largest absolute Gasteiger partial charge is 0.379 e. The third-order valence-corrected chi connectivity index (χ3v) is 2.96. The Morgan fingerprint density at radius 1 is 1.41 bits per heavy atom. The number of hydrogen-bond donors (Lipinski definition) is 1. The summed E-state index contributed by atoms with van der Waals surface area (Å²) in [4.78, 5) is 11.9. The predicted molar refractivity (Wildman–Crippen MR) is 69.4 cm³/mol. The van der Waals surface area contributed by atoms with Crippen LogP contribution >= 0.6 is 11.6 Å². The van der Waals surface area contributed by atoms with Crippen LogP contribution in [0.5, 0.6) is 0 Å². The molecule has 0 unspecified atom stereocenters. The number of benzene rings is 1. The molecule has 1 aromatic carbocycles. The number of methoxy groups -OCH3 is 1. The number of carbonyl (C=O) groups excluding carboxylic acids is 1. The summed E-state index contributed by atoms with van der Waals surface area (Å²) in [7, 11) is 1.65. The third kappa shape index (κ3) is 4.02. The van der Waals surface area contributed by atoms with Crippen molar-refractivity contribution in [3.05, 3.63) is 34.9 Å². The van der Waals surface area contributed by atoms with Gasteiger partial charge in [-0.2, -0.15) is 0 Å². The summed E-state index contributed by atoms with van der Waals surface area (Å²) in [6.45, 7) is 4.59. The maximum atomic E-state index is 11.9. The minimum Gasteiger partial charge on any atom is -0.379 e. The molecule has 0 fully saturated rings. The molecule has 3 nitrogen and oxygen atoms in total. The Morgan fingerprint density at radius 3 is 2.59 bits per heavy atom. The fourth-order valence-corrected chi connectivity index (χ4v) is 1.75. The molecule has 0 aliphatic rings. The quantitative estimate of drug-likeness (QED) is 0.879. The summed E-state index contributed by atoms with van der Waals surface area (Å²) in [5.74, 6) is 0.185. The molecule has 1 rings (SSSR count). The van der Waals surface area contributed by atoms with Gasteiger partial charge in [-0.05, 0) is 18.1 Å². The van der Waals surface area contributed by atoms with Gasteiger partial charge in [0.25, 0.3) is 5.91 Å². The Balaban J connectivity index is 2.59. The van der Waals surface area contributed by atoms with Crippen LogP contribution in [0.25, 0.3) is 0 Å². The van der Waals surface area contributed by atoms with Gasteiger partial charge in [0.2, 0.25) is 0 Å². The van der Waals surface area contributed by atoms with Crippen molar-refractivity contribution in [1.82, 2.24) is 5.32 Å². The van der Waals surface area contributed by atoms with Gasteiger partial charge in [-0.3, -0.25) is 4.79 Å². The van der Waals surface area contributed by atoms with Gasteiger partial charge in [0.15, 0.2) is 0 Å². The number of rotatable bonds is 5.